The molecule has 1 aromatic rings. The number of aromatic nitrogens is 2. The molecule has 5 nitrogen and oxygen atoms in total. The van der Waals surface area contributed by atoms with Crippen LogP contribution in [0.4, 0.5) is 11.8 Å². The summed E-state index contributed by atoms with van der Waals surface area (Å²) in [4.78, 5) is 8.16. The van der Waals surface area contributed by atoms with E-state index < -0.39 is 0 Å². The monoisotopic (exact) mass is 208 g/mol. The number of nitrogens with two attached hydrogens (primary N) is 1. The molecule has 3 N–H and O–H groups in total. The van der Waals surface area contributed by atoms with Crippen LogP contribution in [0.1, 0.15) is 19.0 Å². The van der Waals surface area contributed by atoms with Crippen LogP contribution in [0.3, 0.4) is 0 Å². The van der Waals surface area contributed by atoms with Crippen LogP contribution in [-0.2, 0) is 4.74 Å². The summed E-state index contributed by atoms with van der Waals surface area (Å²) >= 11 is 0. The van der Waals surface area contributed by atoms with Gasteiger partial charge in [0.05, 0.1) is 12.1 Å². The van der Waals surface area contributed by atoms with Crippen molar-refractivity contribution in [3.63, 3.8) is 0 Å². The maximum atomic E-state index is 5.57. The van der Waals surface area contributed by atoms with E-state index in [0.29, 0.717) is 12.0 Å². The summed E-state index contributed by atoms with van der Waals surface area (Å²) in [5.41, 5.74) is 6.45. The fourth-order valence-corrected chi connectivity index (χ4v) is 1.78. The fourth-order valence-electron chi connectivity index (χ4n) is 1.78. The van der Waals surface area contributed by atoms with E-state index in [0.717, 1.165) is 24.5 Å². The molecule has 1 aliphatic rings. The first kappa shape index (κ1) is 10.2. The first-order chi connectivity index (χ1) is 7.15. The Balaban J connectivity index is 2.10. The van der Waals surface area contributed by atoms with Crippen LogP contribution in [0.5, 0.6) is 0 Å². The molecular formula is C10H16N4O. The molecule has 0 radical (unpaired) electrons. The zero-order valence-electron chi connectivity index (χ0n) is 9.03. The summed E-state index contributed by atoms with van der Waals surface area (Å²) < 4.78 is 5.46. The zero-order valence-corrected chi connectivity index (χ0v) is 9.03. The van der Waals surface area contributed by atoms with Gasteiger partial charge in [0.15, 0.2) is 0 Å². The van der Waals surface area contributed by atoms with Gasteiger partial charge in [0.1, 0.15) is 5.82 Å². The normalized spacial score (nSPS) is 25.5. The predicted octanol–water partition coefficient (Wildman–Crippen LogP) is 0.957. The first-order valence-electron chi connectivity index (χ1n) is 5.14. The maximum Gasteiger partial charge on any atom is 0.222 e. The van der Waals surface area contributed by atoms with E-state index in [1.807, 2.05) is 13.0 Å². The minimum Gasteiger partial charge on any atom is -0.376 e. The van der Waals surface area contributed by atoms with Crippen molar-refractivity contribution in [2.24, 2.45) is 0 Å². The molecule has 15 heavy (non-hydrogen) atoms. The Morgan fingerprint density at radius 1 is 1.53 bits per heavy atom. The second kappa shape index (κ2) is 4.02. The number of nitrogen functional groups attached to an aromatic ring is 1. The van der Waals surface area contributed by atoms with Gasteiger partial charge in [-0.2, -0.15) is 4.98 Å². The van der Waals surface area contributed by atoms with Crippen molar-refractivity contribution in [1.29, 1.82) is 0 Å². The quantitative estimate of drug-likeness (QED) is 0.757. The van der Waals surface area contributed by atoms with E-state index in [1.54, 1.807) is 0 Å². The molecule has 2 heterocycles. The molecule has 1 saturated heterocycles. The van der Waals surface area contributed by atoms with Crippen molar-refractivity contribution in [3.05, 3.63) is 11.8 Å². The third-order valence-electron chi connectivity index (χ3n) is 2.58. The lowest BCUT2D eigenvalue weighted by molar-refractivity contribution is 0.121. The molecular weight excluding hydrogens is 192 g/mol. The zero-order chi connectivity index (χ0) is 10.8. The highest BCUT2D eigenvalue weighted by Crippen LogP contribution is 2.18. The third-order valence-corrected chi connectivity index (χ3v) is 2.58. The topological polar surface area (TPSA) is 73.1 Å². The smallest absolute Gasteiger partial charge is 0.222 e. The van der Waals surface area contributed by atoms with Crippen molar-refractivity contribution in [1.82, 2.24) is 9.97 Å². The molecule has 0 spiro atoms. The van der Waals surface area contributed by atoms with Crippen LogP contribution in [0.15, 0.2) is 6.07 Å². The lowest BCUT2D eigenvalue weighted by Crippen LogP contribution is -2.27. The molecule has 2 unspecified atom stereocenters. The van der Waals surface area contributed by atoms with E-state index in [9.17, 15) is 0 Å². The van der Waals surface area contributed by atoms with Crippen LogP contribution in [0.25, 0.3) is 0 Å². The van der Waals surface area contributed by atoms with Gasteiger partial charge >= 0.3 is 0 Å². The van der Waals surface area contributed by atoms with Gasteiger partial charge in [0.2, 0.25) is 5.95 Å². The minimum atomic E-state index is 0.224. The van der Waals surface area contributed by atoms with Gasteiger partial charge in [-0.25, -0.2) is 4.98 Å². The van der Waals surface area contributed by atoms with E-state index >= 15 is 0 Å². The van der Waals surface area contributed by atoms with Gasteiger partial charge in [0.25, 0.3) is 0 Å². The van der Waals surface area contributed by atoms with Crippen LogP contribution in [0, 0.1) is 6.92 Å². The van der Waals surface area contributed by atoms with E-state index in [1.165, 1.54) is 0 Å². The number of hydrogen-bond acceptors (Lipinski definition) is 5. The number of anilines is 2. The maximum absolute atomic E-state index is 5.57. The van der Waals surface area contributed by atoms with Crippen molar-refractivity contribution < 1.29 is 4.74 Å². The average Bonchev–Trinajstić information content (AvgIpc) is 2.50. The Morgan fingerprint density at radius 2 is 2.33 bits per heavy atom. The Labute approximate surface area is 89.1 Å². The summed E-state index contributed by atoms with van der Waals surface area (Å²) in [5.74, 6) is 1.09. The highest BCUT2D eigenvalue weighted by Gasteiger charge is 2.24. The number of nitrogens with zero attached hydrogens (tertiary/aromatic N) is 2. The van der Waals surface area contributed by atoms with Gasteiger partial charge in [-0.05, 0) is 20.3 Å². The molecule has 0 bridgehead atoms. The van der Waals surface area contributed by atoms with Crippen LogP contribution in [0.2, 0.25) is 0 Å². The van der Waals surface area contributed by atoms with E-state index in [4.69, 9.17) is 10.5 Å². The number of aryl methyl sites for hydroxylation is 1. The largest absolute Gasteiger partial charge is 0.376 e. The van der Waals surface area contributed by atoms with Gasteiger partial charge in [0, 0.05) is 18.4 Å². The summed E-state index contributed by atoms with van der Waals surface area (Å²) in [6, 6.07) is 2.21. The summed E-state index contributed by atoms with van der Waals surface area (Å²) in [5, 5.41) is 3.32. The standard InChI is InChI=1S/C10H16N4O/c1-6-5-9(14-10(11)12-6)13-8-3-4-15-7(8)2/h5,7-8H,3-4H2,1-2H3,(H3,11,12,13,14). The van der Waals surface area contributed by atoms with Crippen LogP contribution < -0.4 is 11.1 Å². The van der Waals surface area contributed by atoms with Crippen molar-refractivity contribution in [2.75, 3.05) is 17.7 Å². The molecule has 1 aromatic heterocycles. The number of nitrogens with one attached hydrogen (secondary N) is 1. The lowest BCUT2D eigenvalue weighted by atomic mass is 10.1. The molecule has 0 aliphatic carbocycles. The second-order valence-corrected chi connectivity index (χ2v) is 3.87. The molecule has 82 valence electrons. The number of ether oxygens (including phenoxy) is 1. The molecule has 2 rings (SSSR count). The van der Waals surface area contributed by atoms with Crippen molar-refractivity contribution in [3.8, 4) is 0 Å². The molecule has 0 amide bonds. The lowest BCUT2D eigenvalue weighted by Gasteiger charge is -2.16. The Bertz CT molecular complexity index is 335. The van der Waals surface area contributed by atoms with Gasteiger partial charge in [-0.1, -0.05) is 0 Å². The summed E-state index contributed by atoms with van der Waals surface area (Å²) in [6.45, 7) is 4.76. The number of hydrogen-bond donors (Lipinski definition) is 2. The Hall–Kier alpha value is -1.36. The molecule has 2 atom stereocenters. The van der Waals surface area contributed by atoms with E-state index in [-0.39, 0.29) is 6.10 Å². The molecule has 0 saturated carbocycles. The Kier molecular flexibility index (Phi) is 2.73. The first-order valence-corrected chi connectivity index (χ1v) is 5.14. The van der Waals surface area contributed by atoms with Gasteiger partial charge < -0.3 is 15.8 Å². The fraction of sp³-hybridized carbons (Fsp3) is 0.600. The molecule has 1 aliphatic heterocycles. The predicted molar refractivity (Wildman–Crippen MR) is 58.6 cm³/mol. The Morgan fingerprint density at radius 3 is 2.93 bits per heavy atom. The van der Waals surface area contributed by atoms with Crippen molar-refractivity contribution >= 4 is 11.8 Å². The van der Waals surface area contributed by atoms with Crippen LogP contribution in [-0.4, -0.2) is 28.7 Å². The summed E-state index contributed by atoms with van der Waals surface area (Å²) in [7, 11) is 0. The summed E-state index contributed by atoms with van der Waals surface area (Å²) in [6.07, 6.45) is 1.23. The van der Waals surface area contributed by atoms with E-state index in [2.05, 4.69) is 22.2 Å². The molecule has 0 aromatic carbocycles. The SMILES string of the molecule is Cc1cc(NC2CCOC2C)nc(N)n1. The van der Waals surface area contributed by atoms with Gasteiger partial charge in [-0.3, -0.25) is 0 Å². The highest BCUT2D eigenvalue weighted by atomic mass is 16.5. The third kappa shape index (κ3) is 2.36. The molecule has 5 heteroatoms. The second-order valence-electron chi connectivity index (χ2n) is 3.87. The minimum absolute atomic E-state index is 0.224. The van der Waals surface area contributed by atoms with Crippen molar-refractivity contribution in [2.45, 2.75) is 32.4 Å². The highest BCUT2D eigenvalue weighted by molar-refractivity contribution is 5.41. The van der Waals surface area contributed by atoms with Crippen LogP contribution >= 0.6 is 0 Å². The number of rotatable bonds is 2. The molecule has 1 fully saturated rings. The average molecular weight is 208 g/mol. The van der Waals surface area contributed by atoms with Gasteiger partial charge in [-0.15, -0.1) is 0 Å².